The van der Waals surface area contributed by atoms with Gasteiger partial charge in [-0.15, -0.1) is 0 Å². The molecule has 4 rings (SSSR count). The molecule has 2 aliphatic heterocycles. The molecule has 1 saturated heterocycles. The Morgan fingerprint density at radius 3 is 2.37 bits per heavy atom. The van der Waals surface area contributed by atoms with Gasteiger partial charge < -0.3 is 14.8 Å². The number of carbonyl (C=O) groups excluding carboxylic acids is 6. The van der Waals surface area contributed by atoms with Gasteiger partial charge in [-0.05, 0) is 56.9 Å². The second kappa shape index (κ2) is 12.4. The lowest BCUT2D eigenvalue weighted by Crippen LogP contribution is -2.54. The average molecular weight is 564 g/mol. The number of Topliss-reactive ketones (excluding diaryl/α,β-unsaturated/α-hetero) is 1. The van der Waals surface area contributed by atoms with Crippen molar-refractivity contribution in [2.45, 2.75) is 64.6 Å². The number of nitrogens with zero attached hydrogens (tertiary/aromatic N) is 1. The monoisotopic (exact) mass is 563 g/mol. The Bertz CT molecular complexity index is 1380. The Labute approximate surface area is 237 Å². The molecule has 2 aromatic carbocycles. The number of aryl methyl sites for hydroxylation is 1. The molecule has 0 spiro atoms. The van der Waals surface area contributed by atoms with Crippen molar-refractivity contribution in [2.24, 2.45) is 0 Å². The van der Waals surface area contributed by atoms with Gasteiger partial charge in [0.2, 0.25) is 17.7 Å². The van der Waals surface area contributed by atoms with Gasteiger partial charge in [0, 0.05) is 19.4 Å². The average Bonchev–Trinajstić information content (AvgIpc) is 3.18. The summed E-state index contributed by atoms with van der Waals surface area (Å²) >= 11 is 0. The normalized spacial score (nSPS) is 16.9. The summed E-state index contributed by atoms with van der Waals surface area (Å²) in [6.45, 7) is 5.70. The van der Waals surface area contributed by atoms with Crippen LogP contribution in [-0.4, -0.2) is 65.1 Å². The number of amides is 5. The molecule has 1 unspecified atom stereocenters. The molecule has 2 N–H and O–H groups in total. The number of piperidine rings is 1. The fraction of sp³-hybridized carbons (Fsp3) is 0.400. The summed E-state index contributed by atoms with van der Waals surface area (Å²) in [5.41, 5.74) is 1.55. The zero-order valence-electron chi connectivity index (χ0n) is 23.3. The number of hydrogen-bond acceptors (Lipinski definition) is 8. The highest BCUT2D eigenvalue weighted by Gasteiger charge is 2.46. The van der Waals surface area contributed by atoms with Crippen LogP contribution < -0.4 is 15.4 Å². The Morgan fingerprint density at radius 2 is 1.68 bits per heavy atom. The standard InChI is InChI=1S/C30H33N3O8/c1-30(2,3)41-17-25(36)31-15-19-9-7-18(8-10-19)11-12-20(34)16-40-23-6-4-5-21-26(23)29(39)33(28(21)38)22-13-14-24(35)32-27(22)37/h4-10,22H,11-17H2,1-3H3,(H,31,36)(H,32,35,37). The fourth-order valence-electron chi connectivity index (χ4n) is 4.48. The van der Waals surface area contributed by atoms with E-state index in [0.29, 0.717) is 13.0 Å². The highest BCUT2D eigenvalue weighted by Crippen LogP contribution is 2.33. The molecule has 2 aliphatic rings. The van der Waals surface area contributed by atoms with E-state index < -0.39 is 35.3 Å². The number of imide groups is 2. The van der Waals surface area contributed by atoms with Gasteiger partial charge in [0.05, 0.1) is 16.7 Å². The third-order valence-corrected chi connectivity index (χ3v) is 6.66. The molecule has 11 nitrogen and oxygen atoms in total. The van der Waals surface area contributed by atoms with Crippen LogP contribution in [0.2, 0.25) is 0 Å². The molecule has 41 heavy (non-hydrogen) atoms. The molecule has 2 aromatic rings. The number of ether oxygens (including phenoxy) is 2. The van der Waals surface area contributed by atoms with Gasteiger partial charge in [-0.25, -0.2) is 0 Å². The first-order valence-electron chi connectivity index (χ1n) is 13.4. The Kier molecular flexibility index (Phi) is 8.97. The number of rotatable bonds is 11. The molecule has 0 aliphatic carbocycles. The Balaban J connectivity index is 1.27. The molecule has 0 bridgehead atoms. The molecule has 0 radical (unpaired) electrons. The third-order valence-electron chi connectivity index (χ3n) is 6.66. The summed E-state index contributed by atoms with van der Waals surface area (Å²) in [7, 11) is 0. The van der Waals surface area contributed by atoms with Crippen LogP contribution in [0.15, 0.2) is 42.5 Å². The minimum Gasteiger partial charge on any atom is -0.485 e. The summed E-state index contributed by atoms with van der Waals surface area (Å²) in [6.07, 6.45) is 0.743. The predicted molar refractivity (Wildman–Crippen MR) is 146 cm³/mol. The van der Waals surface area contributed by atoms with E-state index in [4.69, 9.17) is 9.47 Å². The fourth-order valence-corrected chi connectivity index (χ4v) is 4.48. The number of nitrogens with one attached hydrogen (secondary N) is 2. The molecule has 5 amide bonds. The van der Waals surface area contributed by atoms with Gasteiger partial charge in [-0.2, -0.15) is 0 Å². The van der Waals surface area contributed by atoms with Crippen molar-refractivity contribution in [3.63, 3.8) is 0 Å². The van der Waals surface area contributed by atoms with E-state index in [9.17, 15) is 28.8 Å². The topological polar surface area (TPSA) is 148 Å². The van der Waals surface area contributed by atoms with Crippen molar-refractivity contribution in [3.05, 3.63) is 64.7 Å². The van der Waals surface area contributed by atoms with E-state index >= 15 is 0 Å². The van der Waals surface area contributed by atoms with Gasteiger partial charge in [0.25, 0.3) is 11.8 Å². The number of hydrogen-bond donors (Lipinski definition) is 2. The molecule has 2 heterocycles. The van der Waals surface area contributed by atoms with Crippen LogP contribution >= 0.6 is 0 Å². The Hall–Kier alpha value is -4.38. The minimum atomic E-state index is -1.08. The summed E-state index contributed by atoms with van der Waals surface area (Å²) in [6, 6.07) is 11.0. The lowest BCUT2D eigenvalue weighted by molar-refractivity contribution is -0.136. The van der Waals surface area contributed by atoms with E-state index in [1.807, 2.05) is 45.0 Å². The zero-order valence-corrected chi connectivity index (χ0v) is 23.3. The first-order valence-corrected chi connectivity index (χ1v) is 13.4. The molecular formula is C30H33N3O8. The van der Waals surface area contributed by atoms with Crippen molar-refractivity contribution in [3.8, 4) is 5.75 Å². The lowest BCUT2D eigenvalue weighted by Gasteiger charge is -2.27. The number of carbonyl (C=O) groups is 6. The number of ketones is 1. The lowest BCUT2D eigenvalue weighted by atomic mass is 10.0. The SMILES string of the molecule is CC(C)(C)OCC(=O)NCc1ccc(CCC(=O)COc2cccc3c2C(=O)N(C2CCC(=O)NC2=O)C3=O)cc1. The minimum absolute atomic E-state index is 0.00245. The van der Waals surface area contributed by atoms with E-state index in [2.05, 4.69) is 10.6 Å². The smallest absolute Gasteiger partial charge is 0.266 e. The quantitative estimate of drug-likeness (QED) is 0.395. The van der Waals surface area contributed by atoms with Crippen LogP contribution in [0.25, 0.3) is 0 Å². The Morgan fingerprint density at radius 1 is 0.976 bits per heavy atom. The highest BCUT2D eigenvalue weighted by atomic mass is 16.5. The van der Waals surface area contributed by atoms with Gasteiger partial charge in [-0.1, -0.05) is 30.3 Å². The van der Waals surface area contributed by atoms with E-state index in [1.165, 1.54) is 12.1 Å². The molecule has 0 saturated carbocycles. The van der Waals surface area contributed by atoms with E-state index in [-0.39, 0.29) is 61.0 Å². The molecule has 11 heteroatoms. The van der Waals surface area contributed by atoms with E-state index in [1.54, 1.807) is 6.07 Å². The first kappa shape index (κ1) is 29.6. The second-order valence-electron chi connectivity index (χ2n) is 10.9. The summed E-state index contributed by atoms with van der Waals surface area (Å²) in [5, 5.41) is 4.96. The molecule has 1 fully saturated rings. The molecule has 0 aromatic heterocycles. The van der Waals surface area contributed by atoms with Crippen molar-refractivity contribution in [1.82, 2.24) is 15.5 Å². The maximum Gasteiger partial charge on any atom is 0.266 e. The van der Waals surface area contributed by atoms with Gasteiger partial charge >= 0.3 is 0 Å². The van der Waals surface area contributed by atoms with Crippen LogP contribution in [0.3, 0.4) is 0 Å². The van der Waals surface area contributed by atoms with Crippen LogP contribution in [0.1, 0.15) is 71.9 Å². The first-order chi connectivity index (χ1) is 19.4. The zero-order chi connectivity index (χ0) is 29.7. The highest BCUT2D eigenvalue weighted by molar-refractivity contribution is 6.24. The molecule has 216 valence electrons. The van der Waals surface area contributed by atoms with Crippen molar-refractivity contribution < 1.29 is 38.2 Å². The van der Waals surface area contributed by atoms with Crippen molar-refractivity contribution in [1.29, 1.82) is 0 Å². The predicted octanol–water partition coefficient (Wildman–Crippen LogP) is 2.10. The molecule has 1 atom stereocenters. The van der Waals surface area contributed by atoms with Crippen LogP contribution in [-0.2, 0) is 36.9 Å². The van der Waals surface area contributed by atoms with Crippen LogP contribution in [0.5, 0.6) is 5.75 Å². The largest absolute Gasteiger partial charge is 0.485 e. The number of benzene rings is 2. The summed E-state index contributed by atoms with van der Waals surface area (Å²) in [4.78, 5) is 75.2. The maximum atomic E-state index is 13.1. The summed E-state index contributed by atoms with van der Waals surface area (Å²) < 4.78 is 11.1. The second-order valence-corrected chi connectivity index (χ2v) is 10.9. The van der Waals surface area contributed by atoms with Crippen LogP contribution in [0, 0.1) is 0 Å². The number of fused-ring (bicyclic) bond motifs is 1. The molecular weight excluding hydrogens is 530 g/mol. The van der Waals surface area contributed by atoms with E-state index in [0.717, 1.165) is 16.0 Å². The summed E-state index contributed by atoms with van der Waals surface area (Å²) in [5.74, 6) is -2.80. The van der Waals surface area contributed by atoms with Crippen molar-refractivity contribution in [2.75, 3.05) is 13.2 Å². The van der Waals surface area contributed by atoms with Gasteiger partial charge in [0.15, 0.2) is 5.78 Å². The third kappa shape index (κ3) is 7.43. The van der Waals surface area contributed by atoms with Gasteiger partial charge in [0.1, 0.15) is 25.0 Å². The van der Waals surface area contributed by atoms with Gasteiger partial charge in [-0.3, -0.25) is 39.0 Å². The van der Waals surface area contributed by atoms with Crippen molar-refractivity contribution >= 4 is 35.3 Å². The maximum absolute atomic E-state index is 13.1. The van der Waals surface area contributed by atoms with Crippen LogP contribution in [0.4, 0.5) is 0 Å².